The zero-order valence-electron chi connectivity index (χ0n) is 9.13. The summed E-state index contributed by atoms with van der Waals surface area (Å²) < 4.78 is 0. The van der Waals surface area contributed by atoms with Crippen LogP contribution in [0.25, 0.3) is 0 Å². The Balaban J connectivity index is 3.06. The van der Waals surface area contributed by atoms with Crippen molar-refractivity contribution < 1.29 is 0 Å². The van der Waals surface area contributed by atoms with Gasteiger partial charge in [-0.3, -0.25) is 0 Å². The molecule has 0 spiro atoms. The molecule has 0 aliphatic heterocycles. The monoisotopic (exact) mass is 178 g/mol. The van der Waals surface area contributed by atoms with Crippen LogP contribution in [0.3, 0.4) is 0 Å². The molecule has 0 bridgehead atoms. The molecule has 2 nitrogen and oxygen atoms in total. The Morgan fingerprint density at radius 2 is 1.92 bits per heavy atom. The lowest BCUT2D eigenvalue weighted by molar-refractivity contribution is 0.853. The molecule has 0 saturated heterocycles. The van der Waals surface area contributed by atoms with E-state index in [9.17, 15) is 0 Å². The van der Waals surface area contributed by atoms with Gasteiger partial charge in [0, 0.05) is 20.3 Å². The number of hydrogen-bond acceptors (Lipinski definition) is 2. The molecule has 1 rings (SSSR count). The maximum Gasteiger partial charge on any atom is 0.130 e. The summed E-state index contributed by atoms with van der Waals surface area (Å²) >= 11 is 0. The molecule has 1 aromatic heterocycles. The van der Waals surface area contributed by atoms with E-state index in [0.717, 1.165) is 5.82 Å². The van der Waals surface area contributed by atoms with E-state index in [1.165, 1.54) is 11.1 Å². The van der Waals surface area contributed by atoms with Crippen molar-refractivity contribution in [1.29, 1.82) is 0 Å². The molecule has 13 heavy (non-hydrogen) atoms. The Morgan fingerprint density at radius 3 is 2.31 bits per heavy atom. The van der Waals surface area contributed by atoms with Crippen LogP contribution in [-0.4, -0.2) is 19.1 Å². The van der Waals surface area contributed by atoms with Crippen molar-refractivity contribution in [1.82, 2.24) is 4.98 Å². The van der Waals surface area contributed by atoms with Crippen LogP contribution in [0.2, 0.25) is 0 Å². The number of aromatic nitrogens is 1. The van der Waals surface area contributed by atoms with E-state index in [4.69, 9.17) is 0 Å². The van der Waals surface area contributed by atoms with Gasteiger partial charge >= 0.3 is 0 Å². The van der Waals surface area contributed by atoms with Gasteiger partial charge in [-0.1, -0.05) is 19.9 Å². The van der Waals surface area contributed by atoms with Crippen LogP contribution in [0.4, 0.5) is 5.82 Å². The number of anilines is 1. The quantitative estimate of drug-likeness (QED) is 0.692. The third-order valence-corrected chi connectivity index (χ3v) is 2.16. The third-order valence-electron chi connectivity index (χ3n) is 2.16. The maximum absolute atomic E-state index is 4.42. The van der Waals surface area contributed by atoms with Gasteiger partial charge in [-0.15, -0.1) is 0 Å². The smallest absolute Gasteiger partial charge is 0.130 e. The topological polar surface area (TPSA) is 16.1 Å². The van der Waals surface area contributed by atoms with E-state index in [-0.39, 0.29) is 0 Å². The van der Waals surface area contributed by atoms with Gasteiger partial charge in [0.1, 0.15) is 5.82 Å². The first kappa shape index (κ1) is 10.0. The molecular weight excluding hydrogens is 160 g/mol. The van der Waals surface area contributed by atoms with Crippen LogP contribution < -0.4 is 4.90 Å². The number of hydrogen-bond donors (Lipinski definition) is 0. The Kier molecular flexibility index (Phi) is 2.91. The first-order valence-corrected chi connectivity index (χ1v) is 4.66. The minimum atomic E-state index is 0.558. The van der Waals surface area contributed by atoms with Crippen molar-refractivity contribution in [3.05, 3.63) is 23.4 Å². The van der Waals surface area contributed by atoms with Crippen molar-refractivity contribution >= 4 is 5.82 Å². The maximum atomic E-state index is 4.42. The van der Waals surface area contributed by atoms with Crippen LogP contribution in [-0.2, 0) is 0 Å². The van der Waals surface area contributed by atoms with Crippen LogP contribution in [0.15, 0.2) is 12.3 Å². The summed E-state index contributed by atoms with van der Waals surface area (Å²) in [5, 5.41) is 0. The average Bonchev–Trinajstić information content (AvgIpc) is 2.03. The van der Waals surface area contributed by atoms with Crippen molar-refractivity contribution in [3.8, 4) is 0 Å². The summed E-state index contributed by atoms with van der Waals surface area (Å²) in [7, 11) is 4.04. The summed E-state index contributed by atoms with van der Waals surface area (Å²) in [4.78, 5) is 6.47. The Hall–Kier alpha value is -1.05. The standard InChI is InChI=1S/C11H18N2/c1-8(2)10-6-9(3)11(12-7-10)13(4)5/h6-8H,1-5H3. The first-order valence-electron chi connectivity index (χ1n) is 4.66. The molecule has 72 valence electrons. The second-order valence-corrected chi connectivity index (χ2v) is 3.96. The summed E-state index contributed by atoms with van der Waals surface area (Å²) in [5.74, 6) is 1.62. The van der Waals surface area contributed by atoms with Gasteiger partial charge in [0.2, 0.25) is 0 Å². The lowest BCUT2D eigenvalue weighted by atomic mass is 10.0. The first-order chi connectivity index (χ1) is 6.02. The highest BCUT2D eigenvalue weighted by atomic mass is 15.1. The van der Waals surface area contributed by atoms with Crippen molar-refractivity contribution in [3.63, 3.8) is 0 Å². The number of pyridine rings is 1. The molecule has 0 radical (unpaired) electrons. The molecule has 2 heteroatoms. The van der Waals surface area contributed by atoms with E-state index in [1.807, 2.05) is 25.2 Å². The van der Waals surface area contributed by atoms with Crippen LogP contribution in [0.1, 0.15) is 30.9 Å². The van der Waals surface area contributed by atoms with Gasteiger partial charge in [0.25, 0.3) is 0 Å². The van der Waals surface area contributed by atoms with Crippen LogP contribution >= 0.6 is 0 Å². The predicted molar refractivity (Wildman–Crippen MR) is 57.4 cm³/mol. The molecule has 1 aromatic rings. The summed E-state index contributed by atoms with van der Waals surface area (Å²) in [6.45, 7) is 6.48. The fourth-order valence-electron chi connectivity index (χ4n) is 1.37. The van der Waals surface area contributed by atoms with Crippen molar-refractivity contribution in [2.75, 3.05) is 19.0 Å². The van der Waals surface area contributed by atoms with Crippen LogP contribution in [0, 0.1) is 6.92 Å². The summed E-state index contributed by atoms with van der Waals surface area (Å²) in [6.07, 6.45) is 1.97. The molecule has 0 atom stereocenters. The van der Waals surface area contributed by atoms with Gasteiger partial charge in [0.05, 0.1) is 0 Å². The molecule has 0 N–H and O–H groups in total. The van der Waals surface area contributed by atoms with E-state index in [2.05, 4.69) is 31.8 Å². The highest BCUT2D eigenvalue weighted by Crippen LogP contribution is 2.20. The van der Waals surface area contributed by atoms with Gasteiger partial charge in [-0.05, 0) is 24.0 Å². The lowest BCUT2D eigenvalue weighted by Gasteiger charge is -2.15. The van der Waals surface area contributed by atoms with Crippen LogP contribution in [0.5, 0.6) is 0 Å². The molecule has 0 amide bonds. The average molecular weight is 178 g/mol. The van der Waals surface area contributed by atoms with Crippen molar-refractivity contribution in [2.24, 2.45) is 0 Å². The molecule has 0 aliphatic carbocycles. The van der Waals surface area contributed by atoms with Crippen molar-refractivity contribution in [2.45, 2.75) is 26.7 Å². The second-order valence-electron chi connectivity index (χ2n) is 3.96. The Bertz CT molecular complexity index is 290. The fraction of sp³-hybridized carbons (Fsp3) is 0.545. The van der Waals surface area contributed by atoms with E-state index >= 15 is 0 Å². The second kappa shape index (κ2) is 3.77. The van der Waals surface area contributed by atoms with Gasteiger partial charge in [-0.2, -0.15) is 0 Å². The minimum Gasteiger partial charge on any atom is -0.363 e. The highest BCUT2D eigenvalue weighted by Gasteiger charge is 2.05. The minimum absolute atomic E-state index is 0.558. The predicted octanol–water partition coefficient (Wildman–Crippen LogP) is 2.58. The molecule has 0 saturated carbocycles. The Labute approximate surface area is 80.6 Å². The SMILES string of the molecule is Cc1cc(C(C)C)cnc1N(C)C. The van der Waals surface area contributed by atoms with E-state index in [0.29, 0.717) is 5.92 Å². The molecular formula is C11H18N2. The molecule has 0 aliphatic rings. The number of nitrogens with zero attached hydrogens (tertiary/aromatic N) is 2. The fourth-order valence-corrected chi connectivity index (χ4v) is 1.37. The lowest BCUT2D eigenvalue weighted by Crippen LogP contribution is -2.12. The van der Waals surface area contributed by atoms with E-state index < -0.39 is 0 Å². The summed E-state index contributed by atoms with van der Waals surface area (Å²) in [5.41, 5.74) is 2.55. The van der Waals surface area contributed by atoms with Gasteiger partial charge in [0.15, 0.2) is 0 Å². The zero-order chi connectivity index (χ0) is 10.0. The Morgan fingerprint density at radius 1 is 1.31 bits per heavy atom. The zero-order valence-corrected chi connectivity index (χ0v) is 9.13. The normalized spacial score (nSPS) is 10.6. The largest absolute Gasteiger partial charge is 0.363 e. The van der Waals surface area contributed by atoms with Gasteiger partial charge < -0.3 is 4.90 Å². The summed E-state index contributed by atoms with van der Waals surface area (Å²) in [6, 6.07) is 2.22. The molecule has 0 aromatic carbocycles. The number of aryl methyl sites for hydroxylation is 1. The highest BCUT2D eigenvalue weighted by molar-refractivity contribution is 5.46. The van der Waals surface area contributed by atoms with Gasteiger partial charge in [-0.25, -0.2) is 4.98 Å². The number of rotatable bonds is 2. The molecule has 0 unspecified atom stereocenters. The third kappa shape index (κ3) is 2.20. The molecule has 1 heterocycles. The van der Waals surface area contributed by atoms with E-state index in [1.54, 1.807) is 0 Å². The molecule has 0 fully saturated rings.